The molecule has 0 aliphatic rings. The summed E-state index contributed by atoms with van der Waals surface area (Å²) in [5, 5.41) is 10.2. The van der Waals surface area contributed by atoms with Crippen molar-refractivity contribution < 1.29 is 14.6 Å². The molecule has 4 nitrogen and oxygen atoms in total. The van der Waals surface area contributed by atoms with E-state index >= 15 is 0 Å². The molecule has 0 bridgehead atoms. The number of hydrogen-bond acceptors (Lipinski definition) is 3. The van der Waals surface area contributed by atoms with E-state index in [9.17, 15) is 4.79 Å². The zero-order chi connectivity index (χ0) is 13.1. The minimum absolute atomic E-state index is 0.239. The Kier molecular flexibility index (Phi) is 3.37. The van der Waals surface area contributed by atoms with Crippen molar-refractivity contribution in [2.75, 3.05) is 7.11 Å². The van der Waals surface area contributed by atoms with Crippen molar-refractivity contribution >= 4 is 16.9 Å². The molecular weight excluding hydrogens is 230 g/mol. The molecule has 1 aromatic carbocycles. The van der Waals surface area contributed by atoms with Crippen LogP contribution in [0, 0.1) is 0 Å². The number of methoxy groups -OCH3 is 1. The Morgan fingerprint density at radius 3 is 2.78 bits per heavy atom. The second kappa shape index (κ2) is 4.96. The number of carbonyl (C=O) groups excluding carboxylic acids is 1. The molecule has 94 valence electrons. The summed E-state index contributed by atoms with van der Waals surface area (Å²) in [5.41, 5.74) is 2.28. The molecule has 0 amide bonds. The van der Waals surface area contributed by atoms with Crippen LogP contribution < -0.4 is 0 Å². The minimum atomic E-state index is -0.511. The van der Waals surface area contributed by atoms with Crippen molar-refractivity contribution in [2.24, 2.45) is 7.05 Å². The van der Waals surface area contributed by atoms with Gasteiger partial charge in [-0.2, -0.15) is 0 Å². The van der Waals surface area contributed by atoms with Gasteiger partial charge in [-0.3, -0.25) is 0 Å². The fraction of sp³-hybridized carbons (Fsp3) is 0.214. The standard InChI is InChI=1S/C14H15NO3/c1-15-12(8-11(9-16)14(17)18-2)7-10-5-3-4-6-13(10)15/h3-7,9,16H,8H2,1-2H3. The second-order valence-corrected chi connectivity index (χ2v) is 4.08. The average Bonchev–Trinajstić information content (AvgIpc) is 2.72. The monoisotopic (exact) mass is 245 g/mol. The highest BCUT2D eigenvalue weighted by Gasteiger charge is 2.14. The van der Waals surface area contributed by atoms with Crippen LogP contribution in [0.3, 0.4) is 0 Å². The van der Waals surface area contributed by atoms with Gasteiger partial charge in [0, 0.05) is 24.7 Å². The zero-order valence-corrected chi connectivity index (χ0v) is 10.4. The van der Waals surface area contributed by atoms with E-state index in [4.69, 9.17) is 5.11 Å². The van der Waals surface area contributed by atoms with Crippen molar-refractivity contribution in [3.63, 3.8) is 0 Å². The fourth-order valence-electron chi connectivity index (χ4n) is 2.01. The highest BCUT2D eigenvalue weighted by molar-refractivity contribution is 5.89. The Morgan fingerprint density at radius 2 is 2.17 bits per heavy atom. The van der Waals surface area contributed by atoms with Gasteiger partial charge < -0.3 is 14.4 Å². The Balaban J connectivity index is 2.37. The number of ether oxygens (including phenoxy) is 1. The zero-order valence-electron chi connectivity index (χ0n) is 10.4. The van der Waals surface area contributed by atoms with Gasteiger partial charge in [0.15, 0.2) is 0 Å². The van der Waals surface area contributed by atoms with Crippen LogP contribution in [0.25, 0.3) is 10.9 Å². The smallest absolute Gasteiger partial charge is 0.337 e. The molecule has 0 atom stereocenters. The predicted molar refractivity (Wildman–Crippen MR) is 69.4 cm³/mol. The molecular formula is C14H15NO3. The molecule has 0 fully saturated rings. The SMILES string of the molecule is COC(=O)C(=CO)Cc1cc2ccccc2n1C. The van der Waals surface area contributed by atoms with Crippen LogP contribution in [-0.4, -0.2) is 22.8 Å². The summed E-state index contributed by atoms with van der Waals surface area (Å²) in [5.74, 6) is -0.511. The quantitative estimate of drug-likeness (QED) is 0.513. The summed E-state index contributed by atoms with van der Waals surface area (Å²) < 4.78 is 6.61. The van der Waals surface area contributed by atoms with E-state index in [1.54, 1.807) is 0 Å². The largest absolute Gasteiger partial charge is 0.515 e. The molecule has 0 aliphatic heterocycles. The number of esters is 1. The van der Waals surface area contributed by atoms with Gasteiger partial charge in [-0.15, -0.1) is 0 Å². The third kappa shape index (κ3) is 2.09. The van der Waals surface area contributed by atoms with E-state index in [0.717, 1.165) is 22.9 Å². The maximum absolute atomic E-state index is 11.4. The van der Waals surface area contributed by atoms with Crippen LogP contribution in [0.1, 0.15) is 5.69 Å². The van der Waals surface area contributed by atoms with E-state index in [1.165, 1.54) is 7.11 Å². The Morgan fingerprint density at radius 1 is 1.44 bits per heavy atom. The molecule has 1 aromatic heterocycles. The number of hydrogen-bond donors (Lipinski definition) is 1. The van der Waals surface area contributed by atoms with Crippen molar-refractivity contribution in [2.45, 2.75) is 6.42 Å². The Hall–Kier alpha value is -2.23. The maximum Gasteiger partial charge on any atom is 0.337 e. The number of aromatic nitrogens is 1. The molecule has 2 rings (SSSR count). The molecule has 2 aromatic rings. The van der Waals surface area contributed by atoms with Crippen LogP contribution >= 0.6 is 0 Å². The first-order valence-electron chi connectivity index (χ1n) is 5.62. The Bertz CT molecular complexity index is 611. The summed E-state index contributed by atoms with van der Waals surface area (Å²) in [6, 6.07) is 9.96. The van der Waals surface area contributed by atoms with Gasteiger partial charge in [0.25, 0.3) is 0 Å². The first-order chi connectivity index (χ1) is 8.67. The van der Waals surface area contributed by atoms with E-state index in [-0.39, 0.29) is 5.57 Å². The van der Waals surface area contributed by atoms with Gasteiger partial charge in [-0.1, -0.05) is 18.2 Å². The number of aryl methyl sites for hydroxylation is 1. The van der Waals surface area contributed by atoms with Crippen LogP contribution in [0.4, 0.5) is 0 Å². The van der Waals surface area contributed by atoms with Gasteiger partial charge in [-0.05, 0) is 17.5 Å². The summed E-state index contributed by atoms with van der Waals surface area (Å²) >= 11 is 0. The van der Waals surface area contributed by atoms with Crippen molar-refractivity contribution in [1.82, 2.24) is 4.57 Å². The summed E-state index contributed by atoms with van der Waals surface area (Å²) in [4.78, 5) is 11.4. The molecule has 18 heavy (non-hydrogen) atoms. The highest BCUT2D eigenvalue weighted by Crippen LogP contribution is 2.20. The highest BCUT2D eigenvalue weighted by atomic mass is 16.5. The lowest BCUT2D eigenvalue weighted by atomic mass is 10.1. The molecule has 0 radical (unpaired) electrons. The van der Waals surface area contributed by atoms with Crippen molar-refractivity contribution in [3.8, 4) is 0 Å². The summed E-state index contributed by atoms with van der Waals surface area (Å²) in [7, 11) is 3.23. The predicted octanol–water partition coefficient (Wildman–Crippen LogP) is 2.34. The molecule has 1 N–H and O–H groups in total. The fourth-order valence-corrected chi connectivity index (χ4v) is 2.01. The first-order valence-corrected chi connectivity index (χ1v) is 5.62. The number of para-hydroxylation sites is 1. The third-order valence-electron chi connectivity index (χ3n) is 3.03. The van der Waals surface area contributed by atoms with Gasteiger partial charge in [0.2, 0.25) is 0 Å². The van der Waals surface area contributed by atoms with E-state index in [2.05, 4.69) is 4.74 Å². The number of fused-ring (bicyclic) bond motifs is 1. The van der Waals surface area contributed by atoms with Gasteiger partial charge >= 0.3 is 5.97 Å². The molecule has 1 heterocycles. The molecule has 0 spiro atoms. The first kappa shape index (κ1) is 12.2. The Labute approximate surface area is 105 Å². The average molecular weight is 245 g/mol. The minimum Gasteiger partial charge on any atom is -0.515 e. The van der Waals surface area contributed by atoms with E-state index in [0.29, 0.717) is 6.42 Å². The summed E-state index contributed by atoms with van der Waals surface area (Å²) in [6.07, 6.45) is 1.15. The normalized spacial score (nSPS) is 11.8. The number of aliphatic hydroxyl groups excluding tert-OH is 1. The van der Waals surface area contributed by atoms with Crippen LogP contribution in [0.2, 0.25) is 0 Å². The third-order valence-corrected chi connectivity index (χ3v) is 3.03. The second-order valence-electron chi connectivity index (χ2n) is 4.08. The maximum atomic E-state index is 11.4. The molecule has 0 aliphatic carbocycles. The lowest BCUT2D eigenvalue weighted by Crippen LogP contribution is -2.09. The lowest BCUT2D eigenvalue weighted by molar-refractivity contribution is -0.136. The molecule has 0 unspecified atom stereocenters. The molecule has 4 heteroatoms. The van der Waals surface area contributed by atoms with Crippen LogP contribution in [0.5, 0.6) is 0 Å². The lowest BCUT2D eigenvalue weighted by Gasteiger charge is -2.06. The number of carbonyl (C=O) groups is 1. The van der Waals surface area contributed by atoms with Crippen LogP contribution in [0.15, 0.2) is 42.2 Å². The van der Waals surface area contributed by atoms with Gasteiger partial charge in [0.05, 0.1) is 18.9 Å². The van der Waals surface area contributed by atoms with Crippen molar-refractivity contribution in [3.05, 3.63) is 47.9 Å². The van der Waals surface area contributed by atoms with Gasteiger partial charge in [-0.25, -0.2) is 4.79 Å². The number of aliphatic hydroxyl groups is 1. The topological polar surface area (TPSA) is 51.5 Å². The molecule has 0 saturated heterocycles. The number of benzene rings is 1. The van der Waals surface area contributed by atoms with Crippen molar-refractivity contribution in [1.29, 1.82) is 0 Å². The van der Waals surface area contributed by atoms with E-state index in [1.807, 2.05) is 41.9 Å². The van der Waals surface area contributed by atoms with E-state index < -0.39 is 5.97 Å². The number of nitrogens with zero attached hydrogens (tertiary/aromatic N) is 1. The van der Waals surface area contributed by atoms with Crippen LogP contribution in [-0.2, 0) is 23.0 Å². The number of rotatable bonds is 3. The van der Waals surface area contributed by atoms with Gasteiger partial charge in [0.1, 0.15) is 0 Å². The summed E-state index contributed by atoms with van der Waals surface area (Å²) in [6.45, 7) is 0. The molecule has 0 saturated carbocycles.